The molecule has 20 heavy (non-hydrogen) atoms. The van der Waals surface area contributed by atoms with Gasteiger partial charge in [0.05, 0.1) is 6.54 Å². The van der Waals surface area contributed by atoms with E-state index in [0.717, 1.165) is 36.8 Å². The lowest BCUT2D eigenvalue weighted by atomic mass is 9.73. The molecule has 2 rings (SSSR count). The summed E-state index contributed by atoms with van der Waals surface area (Å²) in [6, 6.07) is 0. The standard InChI is InChI=1S/C17H31NO2/c1-13(2)16-7-5-14(6-8-16)10-15-4-3-9-18(11-15)12-17(19)20/h13-16H,3-12H2,1-2H3,(H,19,20). The van der Waals surface area contributed by atoms with Gasteiger partial charge in [0.1, 0.15) is 0 Å². The number of rotatable bonds is 5. The summed E-state index contributed by atoms with van der Waals surface area (Å²) in [5.41, 5.74) is 0. The summed E-state index contributed by atoms with van der Waals surface area (Å²) in [5, 5.41) is 8.91. The fourth-order valence-electron chi connectivity index (χ4n) is 4.24. The van der Waals surface area contributed by atoms with Crippen molar-refractivity contribution in [3.05, 3.63) is 0 Å². The Balaban J connectivity index is 1.72. The smallest absolute Gasteiger partial charge is 0.317 e. The van der Waals surface area contributed by atoms with Gasteiger partial charge in [0.2, 0.25) is 0 Å². The number of likely N-dealkylation sites (tertiary alicyclic amines) is 1. The molecule has 1 heterocycles. The number of piperidine rings is 1. The summed E-state index contributed by atoms with van der Waals surface area (Å²) >= 11 is 0. The van der Waals surface area contributed by atoms with Crippen LogP contribution < -0.4 is 0 Å². The molecular formula is C17H31NO2. The van der Waals surface area contributed by atoms with E-state index in [2.05, 4.69) is 18.7 Å². The number of hydrogen-bond donors (Lipinski definition) is 1. The van der Waals surface area contributed by atoms with Gasteiger partial charge in [-0.2, -0.15) is 0 Å². The molecule has 0 aromatic heterocycles. The van der Waals surface area contributed by atoms with Gasteiger partial charge in [-0.3, -0.25) is 9.69 Å². The van der Waals surface area contributed by atoms with Crippen LogP contribution in [0.25, 0.3) is 0 Å². The molecule has 1 unspecified atom stereocenters. The lowest BCUT2D eigenvalue weighted by Gasteiger charge is -2.36. The van der Waals surface area contributed by atoms with Crippen molar-refractivity contribution >= 4 is 5.97 Å². The Kier molecular flexibility index (Phi) is 5.88. The molecule has 116 valence electrons. The van der Waals surface area contributed by atoms with Gasteiger partial charge in [0, 0.05) is 6.54 Å². The molecule has 2 aliphatic rings. The van der Waals surface area contributed by atoms with Crippen LogP contribution in [0.3, 0.4) is 0 Å². The SMILES string of the molecule is CC(C)C1CCC(CC2CCCN(CC(=O)O)C2)CC1. The third-order valence-corrected chi connectivity index (χ3v) is 5.46. The van der Waals surface area contributed by atoms with E-state index in [-0.39, 0.29) is 6.54 Å². The van der Waals surface area contributed by atoms with E-state index >= 15 is 0 Å². The number of hydrogen-bond acceptors (Lipinski definition) is 2. The number of carboxylic acids is 1. The van der Waals surface area contributed by atoms with Crippen molar-refractivity contribution in [1.82, 2.24) is 4.90 Å². The lowest BCUT2D eigenvalue weighted by Crippen LogP contribution is -2.39. The molecule has 3 heteroatoms. The maximum atomic E-state index is 10.8. The second-order valence-corrected chi connectivity index (χ2v) is 7.40. The zero-order valence-electron chi connectivity index (χ0n) is 13.2. The Morgan fingerprint density at radius 2 is 1.85 bits per heavy atom. The minimum absolute atomic E-state index is 0.233. The molecule has 3 nitrogen and oxygen atoms in total. The van der Waals surface area contributed by atoms with Crippen molar-refractivity contribution in [2.24, 2.45) is 23.7 Å². The number of carboxylic acid groups (broad SMARTS) is 1. The first-order valence-electron chi connectivity index (χ1n) is 8.48. The Morgan fingerprint density at radius 1 is 1.15 bits per heavy atom. The van der Waals surface area contributed by atoms with Crippen LogP contribution in [0, 0.1) is 23.7 Å². The molecule has 0 aromatic carbocycles. The highest BCUT2D eigenvalue weighted by molar-refractivity contribution is 5.69. The fourth-order valence-corrected chi connectivity index (χ4v) is 4.24. The average Bonchev–Trinajstić information content (AvgIpc) is 2.39. The van der Waals surface area contributed by atoms with E-state index in [0.29, 0.717) is 0 Å². The second kappa shape index (κ2) is 7.44. The first kappa shape index (κ1) is 15.8. The third kappa shape index (κ3) is 4.76. The molecule has 1 aliphatic carbocycles. The lowest BCUT2D eigenvalue weighted by molar-refractivity contribution is -0.138. The van der Waals surface area contributed by atoms with Crippen LogP contribution in [0.1, 0.15) is 58.8 Å². The first-order valence-corrected chi connectivity index (χ1v) is 8.48. The molecule has 0 radical (unpaired) electrons. The van der Waals surface area contributed by atoms with Crippen LogP contribution in [-0.4, -0.2) is 35.6 Å². The molecule has 0 bridgehead atoms. The van der Waals surface area contributed by atoms with E-state index in [1.54, 1.807) is 0 Å². The minimum Gasteiger partial charge on any atom is -0.480 e. The predicted molar refractivity (Wildman–Crippen MR) is 81.7 cm³/mol. The highest BCUT2D eigenvalue weighted by atomic mass is 16.4. The predicted octanol–water partition coefficient (Wildman–Crippen LogP) is 3.64. The molecule has 0 spiro atoms. The molecule has 0 aromatic rings. The largest absolute Gasteiger partial charge is 0.480 e. The van der Waals surface area contributed by atoms with Crippen molar-refractivity contribution < 1.29 is 9.90 Å². The number of nitrogens with zero attached hydrogens (tertiary/aromatic N) is 1. The summed E-state index contributed by atoms with van der Waals surface area (Å²) in [6.45, 7) is 6.93. The van der Waals surface area contributed by atoms with Gasteiger partial charge >= 0.3 is 5.97 Å². The highest BCUT2D eigenvalue weighted by Gasteiger charge is 2.27. The Labute approximate surface area is 123 Å². The molecule has 1 atom stereocenters. The van der Waals surface area contributed by atoms with Crippen molar-refractivity contribution in [3.8, 4) is 0 Å². The number of aliphatic carboxylic acids is 1. The van der Waals surface area contributed by atoms with Gasteiger partial charge in [-0.1, -0.05) is 26.7 Å². The second-order valence-electron chi connectivity index (χ2n) is 7.40. The monoisotopic (exact) mass is 281 g/mol. The van der Waals surface area contributed by atoms with Gasteiger partial charge in [-0.15, -0.1) is 0 Å². The molecule has 1 aliphatic heterocycles. The normalized spacial score (nSPS) is 32.5. The molecule has 1 saturated carbocycles. The summed E-state index contributed by atoms with van der Waals surface area (Å²) in [5.74, 6) is 2.75. The molecule has 1 N–H and O–H groups in total. The maximum Gasteiger partial charge on any atom is 0.317 e. The van der Waals surface area contributed by atoms with Gasteiger partial charge in [0.25, 0.3) is 0 Å². The van der Waals surface area contributed by atoms with Crippen molar-refractivity contribution in [2.75, 3.05) is 19.6 Å². The zero-order valence-corrected chi connectivity index (χ0v) is 13.2. The van der Waals surface area contributed by atoms with E-state index in [4.69, 9.17) is 5.11 Å². The summed E-state index contributed by atoms with van der Waals surface area (Å²) in [6.07, 6.45) is 9.44. The van der Waals surface area contributed by atoms with E-state index in [9.17, 15) is 4.79 Å². The van der Waals surface area contributed by atoms with Crippen LogP contribution in [0.5, 0.6) is 0 Å². The average molecular weight is 281 g/mol. The van der Waals surface area contributed by atoms with Crippen molar-refractivity contribution in [2.45, 2.75) is 58.8 Å². The zero-order chi connectivity index (χ0) is 14.5. The molecule has 1 saturated heterocycles. The van der Waals surface area contributed by atoms with Crippen molar-refractivity contribution in [3.63, 3.8) is 0 Å². The summed E-state index contributed by atoms with van der Waals surface area (Å²) in [7, 11) is 0. The third-order valence-electron chi connectivity index (χ3n) is 5.46. The van der Waals surface area contributed by atoms with Gasteiger partial charge < -0.3 is 5.11 Å². The van der Waals surface area contributed by atoms with E-state index in [1.807, 2.05) is 0 Å². The Bertz CT molecular complexity index is 308. The molecule has 2 fully saturated rings. The fraction of sp³-hybridized carbons (Fsp3) is 0.941. The summed E-state index contributed by atoms with van der Waals surface area (Å²) in [4.78, 5) is 13.0. The summed E-state index contributed by atoms with van der Waals surface area (Å²) < 4.78 is 0. The van der Waals surface area contributed by atoms with Crippen LogP contribution in [0.2, 0.25) is 0 Å². The van der Waals surface area contributed by atoms with Gasteiger partial charge in [-0.05, 0) is 62.3 Å². The minimum atomic E-state index is -0.678. The Hall–Kier alpha value is -0.570. The van der Waals surface area contributed by atoms with Gasteiger partial charge in [-0.25, -0.2) is 0 Å². The number of carbonyl (C=O) groups is 1. The topological polar surface area (TPSA) is 40.5 Å². The van der Waals surface area contributed by atoms with Crippen LogP contribution >= 0.6 is 0 Å². The van der Waals surface area contributed by atoms with Crippen LogP contribution in [0.15, 0.2) is 0 Å². The quantitative estimate of drug-likeness (QED) is 0.836. The van der Waals surface area contributed by atoms with E-state index < -0.39 is 5.97 Å². The molecule has 0 amide bonds. The molecular weight excluding hydrogens is 250 g/mol. The van der Waals surface area contributed by atoms with Crippen LogP contribution in [0.4, 0.5) is 0 Å². The van der Waals surface area contributed by atoms with Crippen molar-refractivity contribution in [1.29, 1.82) is 0 Å². The Morgan fingerprint density at radius 3 is 2.45 bits per heavy atom. The van der Waals surface area contributed by atoms with E-state index in [1.165, 1.54) is 44.9 Å². The first-order chi connectivity index (χ1) is 9.54. The maximum absolute atomic E-state index is 10.8. The highest BCUT2D eigenvalue weighted by Crippen LogP contribution is 2.37. The van der Waals surface area contributed by atoms with Gasteiger partial charge in [0.15, 0.2) is 0 Å². The van der Waals surface area contributed by atoms with Crippen LogP contribution in [-0.2, 0) is 4.79 Å².